The number of carbonyl (C=O) groups is 1. The van der Waals surface area contributed by atoms with E-state index < -0.39 is 9.30 Å². The number of rotatable bonds is 8. The van der Waals surface area contributed by atoms with Gasteiger partial charge in [-0.05, 0) is 45.6 Å². The Morgan fingerprint density at radius 2 is 1.94 bits per heavy atom. The van der Waals surface area contributed by atoms with E-state index in [2.05, 4.69) is 18.1 Å². The lowest BCUT2D eigenvalue weighted by Gasteiger charge is -2.28. The molecule has 2 aromatic heterocycles. The van der Waals surface area contributed by atoms with Gasteiger partial charge in [0.2, 0.25) is 5.91 Å². The number of hydrogen-bond acceptors (Lipinski definition) is 4. The molecule has 3 aromatic rings. The fourth-order valence-electron chi connectivity index (χ4n) is 3.22. The van der Waals surface area contributed by atoms with Crippen LogP contribution in [0.4, 0.5) is 5.82 Å². The Balaban J connectivity index is 1.80. The van der Waals surface area contributed by atoms with Gasteiger partial charge in [-0.25, -0.2) is 8.51 Å². The number of amides is 1. The molecule has 0 aliphatic heterocycles. The number of nitrogens with zero attached hydrogens (tertiary/aromatic N) is 5. The van der Waals surface area contributed by atoms with Gasteiger partial charge in [0.15, 0.2) is 0 Å². The lowest BCUT2D eigenvalue weighted by molar-refractivity contribution is -0.119. The first-order valence-electron chi connectivity index (χ1n) is 10.2. The van der Waals surface area contributed by atoms with E-state index in [1.54, 1.807) is 47.6 Å². The molecule has 1 atom stereocenters. The van der Waals surface area contributed by atoms with Gasteiger partial charge >= 0.3 is 0 Å². The Morgan fingerprint density at radius 3 is 2.56 bits per heavy atom. The number of pyridine rings is 1. The van der Waals surface area contributed by atoms with Crippen LogP contribution >= 0.6 is 8.02 Å². The Hall–Kier alpha value is -2.80. The predicted molar refractivity (Wildman–Crippen MR) is 134 cm³/mol. The maximum Gasteiger partial charge on any atom is 0.243 e. The van der Waals surface area contributed by atoms with E-state index in [-0.39, 0.29) is 18.5 Å². The molecule has 0 aliphatic rings. The second-order valence-electron chi connectivity index (χ2n) is 7.68. The first-order chi connectivity index (χ1) is 15.2. The molecule has 1 unspecified atom stereocenters. The van der Waals surface area contributed by atoms with Crippen LogP contribution in [0.25, 0.3) is 17.3 Å². The summed E-state index contributed by atoms with van der Waals surface area (Å²) in [4.78, 5) is 19.1. The molecule has 0 fully saturated rings. The van der Waals surface area contributed by atoms with Crippen molar-refractivity contribution in [3.63, 3.8) is 0 Å². The third-order valence-corrected chi connectivity index (χ3v) is 7.81. The van der Waals surface area contributed by atoms with Crippen molar-refractivity contribution in [3.8, 4) is 11.3 Å². The van der Waals surface area contributed by atoms with Crippen molar-refractivity contribution in [1.29, 1.82) is 0 Å². The quantitative estimate of drug-likeness (QED) is 0.466. The van der Waals surface area contributed by atoms with Gasteiger partial charge in [-0.15, -0.1) is 0 Å². The van der Waals surface area contributed by atoms with E-state index in [9.17, 15) is 9.00 Å². The number of hydrogen-bond donors (Lipinski definition) is 0. The van der Waals surface area contributed by atoms with Gasteiger partial charge in [-0.3, -0.25) is 19.4 Å². The normalized spacial score (nSPS) is 13.6. The zero-order chi connectivity index (χ0) is 23.3. The van der Waals surface area contributed by atoms with Gasteiger partial charge in [-0.2, -0.15) is 5.10 Å². The largest absolute Gasteiger partial charge is 0.293 e. The number of carbonyl (C=O) groups excluding carboxylic acids is 1. The molecular weight excluding hydrogens is 441 g/mol. The fraction of sp³-hybridized carbons (Fsp3) is 0.261. The predicted octanol–water partition coefficient (Wildman–Crippen LogP) is 4.08. The molecule has 0 radical (unpaired) electrons. The maximum atomic E-state index is 13.3. The average Bonchev–Trinajstić information content (AvgIpc) is 3.14. The number of aromatic nitrogens is 3. The summed E-state index contributed by atoms with van der Waals surface area (Å²) in [6.45, 7) is 3.84. The first-order valence-corrected chi connectivity index (χ1v) is 13.0. The zero-order valence-electron chi connectivity index (χ0n) is 18.7. The van der Waals surface area contributed by atoms with Crippen LogP contribution in [0.3, 0.4) is 0 Å². The van der Waals surface area contributed by atoms with Crippen molar-refractivity contribution >= 4 is 35.1 Å². The molecule has 1 aromatic carbocycles. The highest BCUT2D eigenvalue weighted by atomic mass is 32.5. The van der Waals surface area contributed by atoms with Gasteiger partial charge in [0.25, 0.3) is 0 Å². The van der Waals surface area contributed by atoms with E-state index in [0.29, 0.717) is 5.82 Å². The van der Waals surface area contributed by atoms with Crippen LogP contribution in [-0.2, 0) is 21.1 Å². The minimum atomic E-state index is -2.71. The van der Waals surface area contributed by atoms with Gasteiger partial charge < -0.3 is 0 Å². The molecule has 0 saturated heterocycles. The molecule has 0 bridgehead atoms. The SMILES string of the molecule is CC(C)N(C(=O)CN(C)S(=O)(=P)/C=C/c1ccccc1)c1cc(-c2cccnc2)nn1C. The molecule has 7 nitrogen and oxygen atoms in total. The van der Waals surface area contributed by atoms with Gasteiger partial charge in [0.05, 0.1) is 21.5 Å². The van der Waals surface area contributed by atoms with Crippen molar-refractivity contribution in [1.82, 2.24) is 19.1 Å². The minimum absolute atomic E-state index is 0.0347. The summed E-state index contributed by atoms with van der Waals surface area (Å²) in [6.07, 6.45) is 5.22. The molecule has 0 N–H and O–H groups in total. The third-order valence-electron chi connectivity index (χ3n) is 4.91. The average molecular weight is 470 g/mol. The van der Waals surface area contributed by atoms with E-state index >= 15 is 0 Å². The van der Waals surface area contributed by atoms with E-state index in [4.69, 9.17) is 0 Å². The summed E-state index contributed by atoms with van der Waals surface area (Å²) in [5.74, 6) is 0.486. The highest BCUT2D eigenvalue weighted by Gasteiger charge is 2.25. The molecule has 0 aliphatic carbocycles. The van der Waals surface area contributed by atoms with Gasteiger partial charge in [0.1, 0.15) is 5.82 Å². The summed E-state index contributed by atoms with van der Waals surface area (Å²) in [7, 11) is 4.11. The number of likely N-dealkylation sites (N-methyl/N-ethyl adjacent to an activating group) is 1. The van der Waals surface area contributed by atoms with Crippen molar-refractivity contribution in [2.45, 2.75) is 19.9 Å². The van der Waals surface area contributed by atoms with Crippen molar-refractivity contribution in [2.75, 3.05) is 18.5 Å². The molecule has 32 heavy (non-hydrogen) atoms. The molecule has 3 rings (SSSR count). The van der Waals surface area contributed by atoms with Gasteiger partial charge in [0, 0.05) is 49.6 Å². The van der Waals surface area contributed by atoms with Crippen molar-refractivity contribution in [3.05, 3.63) is 71.9 Å². The highest BCUT2D eigenvalue weighted by molar-refractivity contribution is 8.21. The second-order valence-corrected chi connectivity index (χ2v) is 11.5. The van der Waals surface area contributed by atoms with Crippen LogP contribution < -0.4 is 4.90 Å². The third kappa shape index (κ3) is 5.71. The van der Waals surface area contributed by atoms with E-state index in [1.807, 2.05) is 62.4 Å². The van der Waals surface area contributed by atoms with Crippen molar-refractivity contribution < 1.29 is 9.00 Å². The summed E-state index contributed by atoms with van der Waals surface area (Å²) < 4.78 is 16.3. The zero-order valence-corrected chi connectivity index (χ0v) is 20.5. The molecular formula is C23H28N5O2PS. The van der Waals surface area contributed by atoms with Crippen LogP contribution in [0.2, 0.25) is 0 Å². The molecule has 168 valence electrons. The molecule has 0 saturated carbocycles. The Kier molecular flexibility index (Phi) is 7.61. The molecule has 9 heteroatoms. The first kappa shape index (κ1) is 23.9. The molecule has 0 spiro atoms. The molecule has 1 amide bonds. The summed E-state index contributed by atoms with van der Waals surface area (Å²) in [5, 5.41) is 6.13. The highest BCUT2D eigenvalue weighted by Crippen LogP contribution is 2.25. The van der Waals surface area contributed by atoms with E-state index in [1.165, 1.54) is 4.31 Å². The topological polar surface area (TPSA) is 71.3 Å². The number of aryl methyl sites for hydroxylation is 1. The van der Waals surface area contributed by atoms with Crippen LogP contribution in [0.5, 0.6) is 0 Å². The maximum absolute atomic E-state index is 13.3. The number of benzene rings is 1. The monoisotopic (exact) mass is 469 g/mol. The summed E-state index contributed by atoms with van der Waals surface area (Å²) in [5.41, 5.74) is 2.54. The van der Waals surface area contributed by atoms with Gasteiger partial charge in [-0.1, -0.05) is 30.3 Å². The van der Waals surface area contributed by atoms with E-state index in [0.717, 1.165) is 16.8 Å². The lowest BCUT2D eigenvalue weighted by Crippen LogP contribution is -2.44. The van der Waals surface area contributed by atoms with Crippen LogP contribution in [-0.4, -0.2) is 48.8 Å². The standard InChI is InChI=1S/C23H28N5O2PS/c1-18(2)28(22-15-21(25-27(22)4)20-11-8-13-24-16-20)23(29)17-26(3)32(30,31)14-12-19-9-6-5-7-10-19/h5-16,18,31H,17H2,1-4H3/b14-12+. The lowest BCUT2D eigenvalue weighted by atomic mass is 10.2. The Bertz CT molecular complexity index is 1190. The fourth-order valence-corrected chi connectivity index (χ4v) is 4.47. The smallest absolute Gasteiger partial charge is 0.243 e. The minimum Gasteiger partial charge on any atom is -0.293 e. The van der Waals surface area contributed by atoms with Crippen molar-refractivity contribution in [2.24, 2.45) is 7.05 Å². The molecule has 2 heterocycles. The Labute approximate surface area is 191 Å². The summed E-state index contributed by atoms with van der Waals surface area (Å²) >= 11 is 0. The summed E-state index contributed by atoms with van der Waals surface area (Å²) in [6, 6.07) is 15.1. The van der Waals surface area contributed by atoms with Crippen LogP contribution in [0, 0.1) is 0 Å². The number of anilines is 1. The Morgan fingerprint density at radius 1 is 1.22 bits per heavy atom. The van der Waals surface area contributed by atoms with Crippen LogP contribution in [0.15, 0.2) is 66.3 Å². The van der Waals surface area contributed by atoms with Crippen LogP contribution in [0.1, 0.15) is 19.4 Å². The second kappa shape index (κ2) is 10.2.